The third-order valence-corrected chi connectivity index (χ3v) is 2.43. The summed E-state index contributed by atoms with van der Waals surface area (Å²) in [5.74, 6) is -0.829. The lowest BCUT2D eigenvalue weighted by Crippen LogP contribution is -2.47. The molecule has 0 aliphatic heterocycles. The van der Waals surface area contributed by atoms with Crippen LogP contribution in [0.15, 0.2) is 0 Å². The van der Waals surface area contributed by atoms with Gasteiger partial charge in [-0.05, 0) is 12.3 Å². The molecule has 0 saturated carbocycles. The first-order chi connectivity index (χ1) is 8.36. The lowest BCUT2D eigenvalue weighted by Gasteiger charge is -2.19. The van der Waals surface area contributed by atoms with Crippen molar-refractivity contribution in [3.05, 3.63) is 0 Å². The van der Waals surface area contributed by atoms with Gasteiger partial charge in [-0.2, -0.15) is 0 Å². The quantitative estimate of drug-likeness (QED) is 0.439. The summed E-state index contributed by atoms with van der Waals surface area (Å²) < 4.78 is 0. The van der Waals surface area contributed by atoms with Gasteiger partial charge in [0.25, 0.3) is 0 Å². The number of carbonyl (C=O) groups is 2. The van der Waals surface area contributed by atoms with Gasteiger partial charge in [-0.1, -0.05) is 20.8 Å². The first-order valence-corrected chi connectivity index (χ1v) is 6.29. The minimum absolute atomic E-state index is 0.108. The Morgan fingerprint density at radius 1 is 1.22 bits per heavy atom. The van der Waals surface area contributed by atoms with Crippen LogP contribution in [0.3, 0.4) is 0 Å². The minimum Gasteiger partial charge on any atom is -0.426 e. The van der Waals surface area contributed by atoms with Crippen LogP contribution >= 0.6 is 0 Å². The summed E-state index contributed by atoms with van der Waals surface area (Å²) in [5.41, 5.74) is 0. The van der Waals surface area contributed by atoms with Crippen LogP contribution in [0.1, 0.15) is 40.0 Å². The molecule has 7 heteroatoms. The molecule has 4 N–H and O–H groups in total. The van der Waals surface area contributed by atoms with Gasteiger partial charge in [-0.25, -0.2) is 0 Å². The maximum atomic E-state index is 11.5. The molecule has 0 aliphatic rings. The second-order valence-electron chi connectivity index (χ2n) is 4.67. The zero-order valence-corrected chi connectivity index (χ0v) is 11.3. The maximum Gasteiger partial charge on any atom is 0.475 e. The van der Waals surface area contributed by atoms with Gasteiger partial charge in [0, 0.05) is 19.4 Å². The van der Waals surface area contributed by atoms with Gasteiger partial charge in [0.05, 0.1) is 5.94 Å². The standard InChI is InChI=1S/C11H23BN2O4/c1-4-10(15)13-6-5-11(16)14-9(12(17)18)7-8(2)3/h8-9,17-18H,4-7H2,1-3H3,(H,13,15)(H,14,16). The molecule has 18 heavy (non-hydrogen) atoms. The molecule has 0 heterocycles. The molecule has 0 aliphatic carbocycles. The normalized spacial score (nSPS) is 12.1. The van der Waals surface area contributed by atoms with Gasteiger partial charge >= 0.3 is 7.12 Å². The molecule has 104 valence electrons. The minimum atomic E-state index is -1.57. The number of amides is 2. The number of hydrogen-bond donors (Lipinski definition) is 4. The molecule has 0 aromatic rings. The zero-order valence-electron chi connectivity index (χ0n) is 11.3. The van der Waals surface area contributed by atoms with E-state index in [9.17, 15) is 9.59 Å². The summed E-state index contributed by atoms with van der Waals surface area (Å²) in [7, 11) is -1.57. The molecule has 0 spiro atoms. The topological polar surface area (TPSA) is 98.7 Å². The molecule has 2 amide bonds. The highest BCUT2D eigenvalue weighted by Crippen LogP contribution is 2.05. The van der Waals surface area contributed by atoms with E-state index >= 15 is 0 Å². The molecule has 0 radical (unpaired) electrons. The molecule has 0 saturated heterocycles. The Morgan fingerprint density at radius 3 is 2.28 bits per heavy atom. The Kier molecular flexibility index (Phi) is 8.40. The summed E-state index contributed by atoms with van der Waals surface area (Å²) in [6.07, 6.45) is 1.00. The first kappa shape index (κ1) is 16.9. The molecular weight excluding hydrogens is 235 g/mol. The van der Waals surface area contributed by atoms with Crippen LogP contribution in [0, 0.1) is 5.92 Å². The molecule has 1 atom stereocenters. The summed E-state index contributed by atoms with van der Waals surface area (Å²) >= 11 is 0. The number of nitrogens with one attached hydrogen (secondary N) is 2. The van der Waals surface area contributed by atoms with E-state index in [0.717, 1.165) is 0 Å². The zero-order chi connectivity index (χ0) is 14.1. The number of carbonyl (C=O) groups excluding carboxylic acids is 2. The van der Waals surface area contributed by atoms with E-state index in [2.05, 4.69) is 10.6 Å². The Hall–Kier alpha value is -1.08. The van der Waals surface area contributed by atoms with Crippen molar-refractivity contribution in [2.24, 2.45) is 5.92 Å². The third-order valence-electron chi connectivity index (χ3n) is 2.43. The Balaban J connectivity index is 3.99. The van der Waals surface area contributed by atoms with Crippen molar-refractivity contribution < 1.29 is 19.6 Å². The van der Waals surface area contributed by atoms with Gasteiger partial charge in [0.15, 0.2) is 0 Å². The van der Waals surface area contributed by atoms with Crippen LogP contribution in [0.5, 0.6) is 0 Å². The Morgan fingerprint density at radius 2 is 1.83 bits per heavy atom. The lowest BCUT2D eigenvalue weighted by molar-refractivity contribution is -0.122. The van der Waals surface area contributed by atoms with Crippen molar-refractivity contribution in [1.82, 2.24) is 10.6 Å². The molecular formula is C11H23BN2O4. The molecule has 0 rings (SSSR count). The summed E-state index contributed by atoms with van der Waals surface area (Å²) in [5, 5.41) is 23.4. The lowest BCUT2D eigenvalue weighted by atomic mass is 9.75. The highest BCUT2D eigenvalue weighted by atomic mass is 16.4. The molecule has 6 nitrogen and oxygen atoms in total. The summed E-state index contributed by atoms with van der Waals surface area (Å²) in [6, 6.07) is 0. The second kappa shape index (κ2) is 8.94. The van der Waals surface area contributed by atoms with Crippen molar-refractivity contribution in [3.8, 4) is 0 Å². The average molecular weight is 258 g/mol. The highest BCUT2D eigenvalue weighted by Gasteiger charge is 2.25. The van der Waals surface area contributed by atoms with E-state index in [-0.39, 0.29) is 30.7 Å². The highest BCUT2D eigenvalue weighted by molar-refractivity contribution is 6.43. The Labute approximate surface area is 108 Å². The smallest absolute Gasteiger partial charge is 0.426 e. The van der Waals surface area contributed by atoms with Gasteiger partial charge < -0.3 is 20.7 Å². The van der Waals surface area contributed by atoms with E-state index < -0.39 is 13.1 Å². The van der Waals surface area contributed by atoms with E-state index in [1.165, 1.54) is 0 Å². The molecule has 1 unspecified atom stereocenters. The fourth-order valence-electron chi connectivity index (χ4n) is 1.48. The van der Waals surface area contributed by atoms with E-state index in [1.54, 1.807) is 6.92 Å². The van der Waals surface area contributed by atoms with Crippen LogP contribution in [-0.4, -0.2) is 41.5 Å². The van der Waals surface area contributed by atoms with Crippen molar-refractivity contribution in [2.75, 3.05) is 6.54 Å². The predicted octanol–water partition coefficient (Wildman–Crippen LogP) is -0.554. The molecule has 0 bridgehead atoms. The van der Waals surface area contributed by atoms with Gasteiger partial charge in [0.1, 0.15) is 0 Å². The Bertz CT molecular complexity index is 272. The van der Waals surface area contributed by atoms with E-state index in [4.69, 9.17) is 10.0 Å². The molecule has 0 aromatic heterocycles. The number of hydrogen-bond acceptors (Lipinski definition) is 4. The van der Waals surface area contributed by atoms with Crippen molar-refractivity contribution in [2.45, 2.75) is 46.0 Å². The molecule has 0 fully saturated rings. The molecule has 0 aromatic carbocycles. The second-order valence-corrected chi connectivity index (χ2v) is 4.67. The summed E-state index contributed by atoms with van der Waals surface area (Å²) in [6.45, 7) is 5.86. The monoisotopic (exact) mass is 258 g/mol. The first-order valence-electron chi connectivity index (χ1n) is 6.29. The van der Waals surface area contributed by atoms with Crippen LogP contribution in [0.4, 0.5) is 0 Å². The maximum absolute atomic E-state index is 11.5. The third kappa shape index (κ3) is 8.08. The van der Waals surface area contributed by atoms with E-state index in [1.807, 2.05) is 13.8 Å². The van der Waals surface area contributed by atoms with E-state index in [0.29, 0.717) is 12.8 Å². The largest absolute Gasteiger partial charge is 0.475 e. The van der Waals surface area contributed by atoms with Crippen LogP contribution in [0.25, 0.3) is 0 Å². The van der Waals surface area contributed by atoms with Gasteiger partial charge in [-0.3, -0.25) is 9.59 Å². The average Bonchev–Trinajstić information content (AvgIpc) is 2.27. The SMILES string of the molecule is CCC(=O)NCCC(=O)NC(CC(C)C)B(O)O. The number of rotatable bonds is 8. The van der Waals surface area contributed by atoms with Crippen molar-refractivity contribution in [3.63, 3.8) is 0 Å². The van der Waals surface area contributed by atoms with Crippen molar-refractivity contribution >= 4 is 18.9 Å². The van der Waals surface area contributed by atoms with Crippen LogP contribution in [0.2, 0.25) is 0 Å². The predicted molar refractivity (Wildman–Crippen MR) is 69.5 cm³/mol. The summed E-state index contributed by atoms with van der Waals surface area (Å²) in [4.78, 5) is 22.5. The fraction of sp³-hybridized carbons (Fsp3) is 0.818. The van der Waals surface area contributed by atoms with Crippen LogP contribution in [-0.2, 0) is 9.59 Å². The fourth-order valence-corrected chi connectivity index (χ4v) is 1.48. The van der Waals surface area contributed by atoms with Gasteiger partial charge in [0.2, 0.25) is 11.8 Å². The van der Waals surface area contributed by atoms with Crippen LogP contribution < -0.4 is 10.6 Å². The van der Waals surface area contributed by atoms with Gasteiger partial charge in [-0.15, -0.1) is 0 Å². The van der Waals surface area contributed by atoms with Crippen molar-refractivity contribution in [1.29, 1.82) is 0 Å².